The molecule has 7 heteroatoms. The molecule has 0 saturated carbocycles. The van der Waals surface area contributed by atoms with Crippen LogP contribution in [0.25, 0.3) is 0 Å². The zero-order valence-electron chi connectivity index (χ0n) is 16.6. The van der Waals surface area contributed by atoms with E-state index in [1.54, 1.807) is 51.1 Å². The van der Waals surface area contributed by atoms with E-state index in [1.807, 2.05) is 13.8 Å². The molecule has 0 aliphatic heterocycles. The quantitative estimate of drug-likeness (QED) is 0.754. The number of pyridine rings is 1. The van der Waals surface area contributed by atoms with Crippen LogP contribution in [0.1, 0.15) is 57.5 Å². The van der Waals surface area contributed by atoms with Gasteiger partial charge in [0.25, 0.3) is 0 Å². The van der Waals surface area contributed by atoms with Crippen LogP contribution in [0.15, 0.2) is 36.5 Å². The highest BCUT2D eigenvalue weighted by molar-refractivity contribution is 6.30. The molecule has 0 radical (unpaired) electrons. The van der Waals surface area contributed by atoms with Gasteiger partial charge in [-0.2, -0.15) is 5.26 Å². The Kier molecular flexibility index (Phi) is 6.33. The molecule has 0 aliphatic rings. The SMILES string of the molecule is CC(C)(C)OC(=O)Nc1ccc(C(O)C(C)(C)c2cc(Cl)cc(C#N)c2)nc1. The van der Waals surface area contributed by atoms with Gasteiger partial charge in [0.1, 0.15) is 11.7 Å². The summed E-state index contributed by atoms with van der Waals surface area (Å²) in [6.07, 6.45) is -0.0731. The van der Waals surface area contributed by atoms with Gasteiger partial charge in [-0.05, 0) is 56.7 Å². The van der Waals surface area contributed by atoms with Gasteiger partial charge in [-0.25, -0.2) is 4.79 Å². The van der Waals surface area contributed by atoms with Gasteiger partial charge in [-0.15, -0.1) is 0 Å². The van der Waals surface area contributed by atoms with Crippen molar-refractivity contribution in [2.75, 3.05) is 5.32 Å². The fourth-order valence-corrected chi connectivity index (χ4v) is 2.85. The van der Waals surface area contributed by atoms with Crippen molar-refractivity contribution in [2.24, 2.45) is 0 Å². The molecule has 148 valence electrons. The number of ether oxygens (including phenoxy) is 1. The van der Waals surface area contributed by atoms with Crippen molar-refractivity contribution in [1.82, 2.24) is 4.98 Å². The normalized spacial score (nSPS) is 12.8. The predicted octanol–water partition coefficient (Wildman–Crippen LogP) is 4.96. The summed E-state index contributed by atoms with van der Waals surface area (Å²) < 4.78 is 5.20. The Morgan fingerprint density at radius 2 is 1.93 bits per heavy atom. The lowest BCUT2D eigenvalue weighted by atomic mass is 9.77. The topological polar surface area (TPSA) is 95.2 Å². The maximum Gasteiger partial charge on any atom is 0.412 e. The van der Waals surface area contributed by atoms with Crippen molar-refractivity contribution in [1.29, 1.82) is 5.26 Å². The number of carbonyl (C=O) groups is 1. The van der Waals surface area contributed by atoms with E-state index in [-0.39, 0.29) is 0 Å². The highest BCUT2D eigenvalue weighted by Gasteiger charge is 2.32. The molecule has 0 spiro atoms. The molecule has 1 heterocycles. The van der Waals surface area contributed by atoms with Crippen LogP contribution >= 0.6 is 11.6 Å². The van der Waals surface area contributed by atoms with E-state index in [1.165, 1.54) is 6.20 Å². The van der Waals surface area contributed by atoms with Gasteiger partial charge in [0.2, 0.25) is 0 Å². The summed E-state index contributed by atoms with van der Waals surface area (Å²) in [4.78, 5) is 16.1. The Balaban J connectivity index is 2.20. The van der Waals surface area contributed by atoms with E-state index in [0.717, 1.165) is 5.56 Å². The number of nitriles is 1. The van der Waals surface area contributed by atoms with Gasteiger partial charge in [0, 0.05) is 10.4 Å². The van der Waals surface area contributed by atoms with Gasteiger partial charge in [0.05, 0.1) is 29.2 Å². The molecule has 6 nitrogen and oxygen atoms in total. The van der Waals surface area contributed by atoms with Crippen molar-refractivity contribution in [3.8, 4) is 6.07 Å². The fraction of sp³-hybridized carbons (Fsp3) is 0.381. The summed E-state index contributed by atoms with van der Waals surface area (Å²) in [5.74, 6) is 0. The van der Waals surface area contributed by atoms with Crippen molar-refractivity contribution < 1.29 is 14.6 Å². The number of aliphatic hydroxyl groups excluding tert-OH is 1. The summed E-state index contributed by atoms with van der Waals surface area (Å²) >= 11 is 6.10. The molecule has 28 heavy (non-hydrogen) atoms. The van der Waals surface area contributed by atoms with Crippen molar-refractivity contribution in [3.63, 3.8) is 0 Å². The van der Waals surface area contributed by atoms with Gasteiger partial charge in [0.15, 0.2) is 0 Å². The second-order valence-corrected chi connectivity index (χ2v) is 8.50. The Hall–Kier alpha value is -2.62. The minimum atomic E-state index is -0.951. The molecule has 1 amide bonds. The number of halogens is 1. The third kappa shape index (κ3) is 5.44. The maximum absolute atomic E-state index is 11.8. The van der Waals surface area contributed by atoms with Gasteiger partial charge < -0.3 is 9.84 Å². The first kappa shape index (κ1) is 21.7. The molecule has 1 unspecified atom stereocenters. The van der Waals surface area contributed by atoms with Crippen molar-refractivity contribution >= 4 is 23.4 Å². The Labute approximate surface area is 170 Å². The number of benzene rings is 1. The minimum absolute atomic E-state index is 0.424. The second kappa shape index (κ2) is 8.17. The molecule has 0 saturated heterocycles. The summed E-state index contributed by atoms with van der Waals surface area (Å²) in [6.45, 7) is 9.03. The molecular formula is C21H24ClN3O3. The number of carbonyl (C=O) groups excluding carboxylic acids is 1. The summed E-state index contributed by atoms with van der Waals surface area (Å²) in [6, 6.07) is 10.3. The molecule has 1 atom stereocenters. The monoisotopic (exact) mass is 401 g/mol. The van der Waals surface area contributed by atoms with Crippen molar-refractivity contribution in [2.45, 2.75) is 51.7 Å². The zero-order valence-corrected chi connectivity index (χ0v) is 17.3. The lowest BCUT2D eigenvalue weighted by Crippen LogP contribution is -2.28. The number of hydrogen-bond acceptors (Lipinski definition) is 5. The number of rotatable bonds is 4. The van der Waals surface area contributed by atoms with Crippen LogP contribution in [0, 0.1) is 11.3 Å². The number of hydrogen-bond donors (Lipinski definition) is 2. The average Bonchev–Trinajstić information content (AvgIpc) is 2.59. The van der Waals surface area contributed by atoms with Crippen LogP contribution in [-0.2, 0) is 10.2 Å². The van der Waals surface area contributed by atoms with Gasteiger partial charge >= 0.3 is 6.09 Å². The number of nitrogens with one attached hydrogen (secondary N) is 1. The van der Waals surface area contributed by atoms with E-state index in [2.05, 4.69) is 16.4 Å². The van der Waals surface area contributed by atoms with Crippen molar-refractivity contribution in [3.05, 3.63) is 58.4 Å². The maximum atomic E-state index is 11.8. The summed E-state index contributed by atoms with van der Waals surface area (Å²) in [5.41, 5.74) is 0.686. The van der Waals surface area contributed by atoms with Crippen LogP contribution in [0.2, 0.25) is 5.02 Å². The second-order valence-electron chi connectivity index (χ2n) is 8.06. The predicted molar refractivity (Wildman–Crippen MR) is 108 cm³/mol. The third-order valence-corrected chi connectivity index (χ3v) is 4.38. The highest BCUT2D eigenvalue weighted by Crippen LogP contribution is 2.37. The molecule has 1 aromatic carbocycles. The summed E-state index contributed by atoms with van der Waals surface area (Å²) in [5, 5.41) is 23.1. The zero-order chi connectivity index (χ0) is 21.1. The molecule has 0 bridgehead atoms. The first-order chi connectivity index (χ1) is 12.9. The fourth-order valence-electron chi connectivity index (χ4n) is 2.62. The Bertz CT molecular complexity index is 897. The third-order valence-electron chi connectivity index (χ3n) is 4.17. The highest BCUT2D eigenvalue weighted by atomic mass is 35.5. The lowest BCUT2D eigenvalue weighted by Gasteiger charge is -2.31. The molecule has 2 rings (SSSR count). The molecule has 0 aliphatic carbocycles. The van der Waals surface area contributed by atoms with Crippen LogP contribution in [0.4, 0.5) is 10.5 Å². The minimum Gasteiger partial charge on any atom is -0.444 e. The molecule has 1 aromatic heterocycles. The first-order valence-electron chi connectivity index (χ1n) is 8.77. The largest absolute Gasteiger partial charge is 0.444 e. The van der Waals surface area contributed by atoms with E-state index >= 15 is 0 Å². The number of anilines is 1. The lowest BCUT2D eigenvalue weighted by molar-refractivity contribution is 0.0636. The standard InChI is InChI=1S/C21H24ClN3O3/c1-20(2,3)28-19(27)25-16-6-7-17(24-12-16)18(26)21(4,5)14-8-13(11-23)9-15(22)10-14/h6-10,12,18,26H,1-5H3,(H,25,27). The molecule has 2 N–H and O–H groups in total. The number of aromatic nitrogens is 1. The van der Waals surface area contributed by atoms with E-state index < -0.39 is 23.2 Å². The average molecular weight is 402 g/mol. The van der Waals surface area contributed by atoms with Gasteiger partial charge in [-0.1, -0.05) is 25.4 Å². The number of nitrogens with zero attached hydrogens (tertiary/aromatic N) is 2. The molecule has 2 aromatic rings. The van der Waals surface area contributed by atoms with E-state index in [9.17, 15) is 9.90 Å². The van der Waals surface area contributed by atoms with E-state index in [0.29, 0.717) is 22.0 Å². The first-order valence-corrected chi connectivity index (χ1v) is 9.15. The van der Waals surface area contributed by atoms with Crippen LogP contribution in [-0.4, -0.2) is 21.8 Å². The van der Waals surface area contributed by atoms with E-state index in [4.69, 9.17) is 21.6 Å². The number of aliphatic hydroxyl groups is 1. The van der Waals surface area contributed by atoms with Crippen LogP contribution in [0.3, 0.4) is 0 Å². The smallest absolute Gasteiger partial charge is 0.412 e. The molecule has 0 fully saturated rings. The number of amides is 1. The molecular weight excluding hydrogens is 378 g/mol. The van der Waals surface area contributed by atoms with Crippen LogP contribution in [0.5, 0.6) is 0 Å². The Morgan fingerprint density at radius 1 is 1.25 bits per heavy atom. The van der Waals surface area contributed by atoms with Gasteiger partial charge in [-0.3, -0.25) is 10.3 Å². The van der Waals surface area contributed by atoms with Crippen LogP contribution < -0.4 is 5.32 Å². The summed E-state index contributed by atoms with van der Waals surface area (Å²) in [7, 11) is 0. The Morgan fingerprint density at radius 3 is 2.46 bits per heavy atom.